The Balaban J connectivity index is 1.70. The first-order valence-electron chi connectivity index (χ1n) is 6.68. The maximum Gasteiger partial charge on any atom is 0.222 e. The highest BCUT2D eigenvalue weighted by molar-refractivity contribution is 5.76. The van der Waals surface area contributed by atoms with Crippen molar-refractivity contribution in [2.24, 2.45) is 11.8 Å². The van der Waals surface area contributed by atoms with Gasteiger partial charge < -0.3 is 10.0 Å². The zero-order chi connectivity index (χ0) is 11.4. The van der Waals surface area contributed by atoms with Gasteiger partial charge >= 0.3 is 0 Å². The molecule has 1 unspecified atom stereocenters. The van der Waals surface area contributed by atoms with Gasteiger partial charge in [-0.05, 0) is 31.1 Å². The zero-order valence-electron chi connectivity index (χ0n) is 10.0. The number of likely N-dealkylation sites (tertiary alicyclic amines) is 1. The Morgan fingerprint density at radius 1 is 1.19 bits per heavy atom. The molecule has 1 N–H and O–H groups in total. The second kappa shape index (κ2) is 5.67. The molecule has 92 valence electrons. The molecule has 1 saturated carbocycles. The molecule has 1 heterocycles. The molecule has 1 amide bonds. The lowest BCUT2D eigenvalue weighted by Crippen LogP contribution is -2.41. The summed E-state index contributed by atoms with van der Waals surface area (Å²) in [5, 5.41) is 9.12. The van der Waals surface area contributed by atoms with Crippen molar-refractivity contribution in [1.82, 2.24) is 4.90 Å². The van der Waals surface area contributed by atoms with Crippen LogP contribution >= 0.6 is 0 Å². The molecule has 3 heteroatoms. The molecule has 0 aromatic heterocycles. The normalized spacial score (nSPS) is 26.6. The third-order valence-corrected chi connectivity index (χ3v) is 4.12. The van der Waals surface area contributed by atoms with Gasteiger partial charge in [0, 0.05) is 26.1 Å². The second-order valence-electron chi connectivity index (χ2n) is 5.37. The third-order valence-electron chi connectivity index (χ3n) is 4.12. The van der Waals surface area contributed by atoms with E-state index in [-0.39, 0.29) is 6.61 Å². The summed E-state index contributed by atoms with van der Waals surface area (Å²) in [5.41, 5.74) is 0. The minimum Gasteiger partial charge on any atom is -0.396 e. The van der Waals surface area contributed by atoms with Gasteiger partial charge in [-0.15, -0.1) is 0 Å². The van der Waals surface area contributed by atoms with E-state index in [1.54, 1.807) is 0 Å². The molecular weight excluding hydrogens is 202 g/mol. The van der Waals surface area contributed by atoms with Crippen molar-refractivity contribution >= 4 is 5.91 Å². The van der Waals surface area contributed by atoms with Gasteiger partial charge in [0.2, 0.25) is 5.91 Å². The molecule has 1 atom stereocenters. The SMILES string of the molecule is O=C(CCC1CCC1)N1CCCC(CO)C1. The van der Waals surface area contributed by atoms with Crippen LogP contribution in [-0.2, 0) is 4.79 Å². The number of carbonyl (C=O) groups excluding carboxylic acids is 1. The van der Waals surface area contributed by atoms with E-state index in [1.165, 1.54) is 19.3 Å². The number of amides is 1. The van der Waals surface area contributed by atoms with Crippen molar-refractivity contribution in [3.8, 4) is 0 Å². The topological polar surface area (TPSA) is 40.5 Å². The molecule has 0 aromatic rings. The van der Waals surface area contributed by atoms with E-state index in [1.807, 2.05) is 4.90 Å². The highest BCUT2D eigenvalue weighted by Crippen LogP contribution is 2.30. The van der Waals surface area contributed by atoms with Crippen molar-refractivity contribution in [2.45, 2.75) is 44.9 Å². The van der Waals surface area contributed by atoms with Crippen LogP contribution in [0.1, 0.15) is 44.9 Å². The third kappa shape index (κ3) is 2.97. The van der Waals surface area contributed by atoms with Crippen LogP contribution in [0, 0.1) is 11.8 Å². The molecule has 0 spiro atoms. The molecule has 2 aliphatic rings. The van der Waals surface area contributed by atoms with E-state index >= 15 is 0 Å². The van der Waals surface area contributed by atoms with Crippen LogP contribution < -0.4 is 0 Å². The maximum absolute atomic E-state index is 11.9. The number of carbonyl (C=O) groups is 1. The van der Waals surface area contributed by atoms with E-state index in [4.69, 9.17) is 5.11 Å². The minimum atomic E-state index is 0.229. The number of nitrogens with zero attached hydrogens (tertiary/aromatic N) is 1. The number of hydrogen-bond donors (Lipinski definition) is 1. The van der Waals surface area contributed by atoms with Crippen LogP contribution in [0.25, 0.3) is 0 Å². The molecule has 0 aromatic carbocycles. The van der Waals surface area contributed by atoms with Gasteiger partial charge in [-0.3, -0.25) is 4.79 Å². The molecule has 2 rings (SSSR count). The molecule has 1 aliphatic heterocycles. The molecular formula is C13H23NO2. The Hall–Kier alpha value is -0.570. The zero-order valence-corrected chi connectivity index (χ0v) is 10.0. The number of aliphatic hydroxyl groups excluding tert-OH is 1. The predicted octanol–water partition coefficient (Wildman–Crippen LogP) is 1.80. The van der Waals surface area contributed by atoms with Crippen LogP contribution in [0.2, 0.25) is 0 Å². The van der Waals surface area contributed by atoms with Gasteiger partial charge in [0.25, 0.3) is 0 Å². The van der Waals surface area contributed by atoms with Gasteiger partial charge in [-0.1, -0.05) is 19.3 Å². The van der Waals surface area contributed by atoms with Crippen LogP contribution in [-0.4, -0.2) is 35.6 Å². The highest BCUT2D eigenvalue weighted by atomic mass is 16.3. The number of rotatable bonds is 4. The molecule has 0 bridgehead atoms. The molecule has 1 aliphatic carbocycles. The van der Waals surface area contributed by atoms with E-state index in [0.717, 1.165) is 44.7 Å². The lowest BCUT2D eigenvalue weighted by molar-refractivity contribution is -0.133. The van der Waals surface area contributed by atoms with Crippen LogP contribution in [0.15, 0.2) is 0 Å². The van der Waals surface area contributed by atoms with Crippen LogP contribution in [0.3, 0.4) is 0 Å². The van der Waals surface area contributed by atoms with Crippen LogP contribution in [0.5, 0.6) is 0 Å². The minimum absolute atomic E-state index is 0.229. The Morgan fingerprint density at radius 2 is 1.94 bits per heavy atom. The molecule has 2 fully saturated rings. The molecule has 3 nitrogen and oxygen atoms in total. The van der Waals surface area contributed by atoms with Gasteiger partial charge in [0.05, 0.1) is 0 Å². The van der Waals surface area contributed by atoms with E-state index in [0.29, 0.717) is 11.8 Å². The van der Waals surface area contributed by atoms with Gasteiger partial charge in [-0.25, -0.2) is 0 Å². The van der Waals surface area contributed by atoms with E-state index in [9.17, 15) is 4.79 Å². The second-order valence-corrected chi connectivity index (χ2v) is 5.37. The van der Waals surface area contributed by atoms with Gasteiger partial charge in [0.1, 0.15) is 0 Å². The Labute approximate surface area is 97.8 Å². The Bertz CT molecular complexity index is 238. The predicted molar refractivity (Wildman–Crippen MR) is 63.0 cm³/mol. The summed E-state index contributed by atoms with van der Waals surface area (Å²) in [6.07, 6.45) is 7.94. The highest BCUT2D eigenvalue weighted by Gasteiger charge is 2.24. The summed E-state index contributed by atoms with van der Waals surface area (Å²) in [7, 11) is 0. The summed E-state index contributed by atoms with van der Waals surface area (Å²) in [5.74, 6) is 1.45. The molecule has 0 radical (unpaired) electrons. The van der Waals surface area contributed by atoms with Crippen molar-refractivity contribution in [2.75, 3.05) is 19.7 Å². The fourth-order valence-electron chi connectivity index (χ4n) is 2.71. The smallest absolute Gasteiger partial charge is 0.222 e. The number of aliphatic hydroxyl groups is 1. The summed E-state index contributed by atoms with van der Waals surface area (Å²) >= 11 is 0. The van der Waals surface area contributed by atoms with Crippen LogP contribution in [0.4, 0.5) is 0 Å². The quantitative estimate of drug-likeness (QED) is 0.792. The van der Waals surface area contributed by atoms with E-state index < -0.39 is 0 Å². The first kappa shape index (κ1) is 11.9. The maximum atomic E-state index is 11.9. The lowest BCUT2D eigenvalue weighted by Gasteiger charge is -2.33. The van der Waals surface area contributed by atoms with Crippen molar-refractivity contribution < 1.29 is 9.90 Å². The van der Waals surface area contributed by atoms with Crippen molar-refractivity contribution in [3.05, 3.63) is 0 Å². The average molecular weight is 225 g/mol. The fourth-order valence-corrected chi connectivity index (χ4v) is 2.71. The van der Waals surface area contributed by atoms with E-state index in [2.05, 4.69) is 0 Å². The Morgan fingerprint density at radius 3 is 2.56 bits per heavy atom. The fraction of sp³-hybridized carbons (Fsp3) is 0.923. The standard InChI is InChI=1S/C13H23NO2/c15-10-12-5-2-8-14(9-12)13(16)7-6-11-3-1-4-11/h11-12,15H,1-10H2. The number of hydrogen-bond acceptors (Lipinski definition) is 2. The first-order chi connectivity index (χ1) is 7.79. The summed E-state index contributed by atoms with van der Waals surface area (Å²) in [4.78, 5) is 13.9. The van der Waals surface area contributed by atoms with Crippen molar-refractivity contribution in [1.29, 1.82) is 0 Å². The van der Waals surface area contributed by atoms with Gasteiger partial charge in [0.15, 0.2) is 0 Å². The largest absolute Gasteiger partial charge is 0.396 e. The number of piperidine rings is 1. The summed E-state index contributed by atoms with van der Waals surface area (Å²) < 4.78 is 0. The van der Waals surface area contributed by atoms with Crippen molar-refractivity contribution in [3.63, 3.8) is 0 Å². The summed E-state index contributed by atoms with van der Waals surface area (Å²) in [6, 6.07) is 0. The molecule has 1 saturated heterocycles. The summed E-state index contributed by atoms with van der Waals surface area (Å²) in [6.45, 7) is 1.91. The monoisotopic (exact) mass is 225 g/mol. The Kier molecular flexibility index (Phi) is 4.22. The average Bonchev–Trinajstić information content (AvgIpc) is 2.27. The molecule has 16 heavy (non-hydrogen) atoms. The van der Waals surface area contributed by atoms with Gasteiger partial charge in [-0.2, -0.15) is 0 Å². The lowest BCUT2D eigenvalue weighted by atomic mass is 9.82. The first-order valence-corrected chi connectivity index (χ1v) is 6.68.